The van der Waals surface area contributed by atoms with Gasteiger partial charge in [-0.1, -0.05) is 24.3 Å². The molecule has 0 aliphatic carbocycles. The topological polar surface area (TPSA) is 52.7 Å². The highest BCUT2D eigenvalue weighted by molar-refractivity contribution is 5.81. The van der Waals surface area contributed by atoms with Gasteiger partial charge in [0.15, 0.2) is 0 Å². The summed E-state index contributed by atoms with van der Waals surface area (Å²) >= 11 is 0. The molecule has 1 fully saturated rings. The van der Waals surface area contributed by atoms with Crippen molar-refractivity contribution in [3.8, 4) is 0 Å². The van der Waals surface area contributed by atoms with Crippen LogP contribution in [0.5, 0.6) is 0 Å². The van der Waals surface area contributed by atoms with Crippen LogP contribution in [0, 0.1) is 12.8 Å². The van der Waals surface area contributed by atoms with Crippen LogP contribution in [0.3, 0.4) is 0 Å². The normalized spacial score (nSPS) is 15.4. The van der Waals surface area contributed by atoms with Gasteiger partial charge in [-0.2, -0.15) is 0 Å². The van der Waals surface area contributed by atoms with E-state index in [1.54, 1.807) is 0 Å². The van der Waals surface area contributed by atoms with Gasteiger partial charge < -0.3 is 15.1 Å². The van der Waals surface area contributed by atoms with Crippen LogP contribution in [-0.4, -0.2) is 61.9 Å². The second kappa shape index (κ2) is 9.56. The van der Waals surface area contributed by atoms with Crippen molar-refractivity contribution >= 4 is 11.8 Å². The maximum absolute atomic E-state index is 12.5. The Kier molecular flexibility index (Phi) is 7.44. The van der Waals surface area contributed by atoms with E-state index in [1.807, 2.05) is 50.2 Å². The van der Waals surface area contributed by atoms with E-state index in [9.17, 15) is 9.59 Å². The highest BCUT2D eigenvalue weighted by Crippen LogP contribution is 2.19. The van der Waals surface area contributed by atoms with Gasteiger partial charge in [0.2, 0.25) is 11.8 Å². The van der Waals surface area contributed by atoms with Crippen molar-refractivity contribution in [1.82, 2.24) is 15.1 Å². The van der Waals surface area contributed by atoms with Crippen molar-refractivity contribution in [2.75, 3.05) is 40.3 Å². The highest BCUT2D eigenvalue weighted by atomic mass is 16.2. The number of nitrogens with zero attached hydrogens (tertiary/aromatic N) is 2. The Labute approximate surface area is 151 Å². The van der Waals surface area contributed by atoms with Gasteiger partial charge >= 0.3 is 0 Å². The number of likely N-dealkylation sites (tertiary alicyclic amines) is 1. The monoisotopic (exact) mass is 345 g/mol. The predicted octanol–water partition coefficient (Wildman–Crippen LogP) is 1.84. The van der Waals surface area contributed by atoms with Crippen LogP contribution >= 0.6 is 0 Å². The lowest BCUT2D eigenvalue weighted by molar-refractivity contribution is -0.135. The quantitative estimate of drug-likeness (QED) is 0.767. The van der Waals surface area contributed by atoms with Crippen molar-refractivity contribution < 1.29 is 9.59 Å². The fraction of sp³-hybridized carbons (Fsp3) is 0.600. The van der Waals surface area contributed by atoms with Crippen molar-refractivity contribution in [3.05, 3.63) is 35.4 Å². The molecule has 1 aliphatic heterocycles. The van der Waals surface area contributed by atoms with E-state index in [-0.39, 0.29) is 17.7 Å². The minimum atomic E-state index is 0.0434. The van der Waals surface area contributed by atoms with E-state index in [1.165, 1.54) is 0 Å². The summed E-state index contributed by atoms with van der Waals surface area (Å²) in [6, 6.07) is 8.02. The van der Waals surface area contributed by atoms with Gasteiger partial charge in [0.05, 0.1) is 6.42 Å². The average Bonchev–Trinajstić information content (AvgIpc) is 2.60. The molecule has 0 radical (unpaired) electrons. The van der Waals surface area contributed by atoms with E-state index >= 15 is 0 Å². The molecule has 0 spiro atoms. The Hall–Kier alpha value is -1.88. The molecule has 1 heterocycles. The number of nitrogens with one attached hydrogen (secondary N) is 1. The first kappa shape index (κ1) is 19.4. The number of rotatable bonds is 7. The molecule has 2 amide bonds. The lowest BCUT2D eigenvalue weighted by Crippen LogP contribution is -2.43. The third-order valence-electron chi connectivity index (χ3n) is 4.90. The maximum Gasteiger partial charge on any atom is 0.226 e. The van der Waals surface area contributed by atoms with E-state index in [4.69, 9.17) is 0 Å². The Balaban J connectivity index is 1.72. The summed E-state index contributed by atoms with van der Waals surface area (Å²) < 4.78 is 0. The highest BCUT2D eigenvalue weighted by Gasteiger charge is 2.27. The van der Waals surface area contributed by atoms with Crippen LogP contribution in [0.4, 0.5) is 0 Å². The molecule has 1 N–H and O–H groups in total. The zero-order valence-corrected chi connectivity index (χ0v) is 15.8. The summed E-state index contributed by atoms with van der Waals surface area (Å²) in [5.41, 5.74) is 2.25. The second-order valence-corrected chi connectivity index (χ2v) is 7.21. The van der Waals surface area contributed by atoms with Crippen LogP contribution in [0.2, 0.25) is 0 Å². The number of hydrogen-bond donors (Lipinski definition) is 1. The Morgan fingerprint density at radius 3 is 2.52 bits per heavy atom. The van der Waals surface area contributed by atoms with Crippen molar-refractivity contribution in [1.29, 1.82) is 0 Å². The first-order valence-electron chi connectivity index (χ1n) is 9.22. The van der Waals surface area contributed by atoms with E-state index in [2.05, 4.69) is 10.2 Å². The van der Waals surface area contributed by atoms with Gasteiger partial charge in [0.1, 0.15) is 0 Å². The summed E-state index contributed by atoms with van der Waals surface area (Å²) in [7, 11) is 4.07. The zero-order chi connectivity index (χ0) is 18.2. The van der Waals surface area contributed by atoms with E-state index < -0.39 is 0 Å². The molecular weight excluding hydrogens is 314 g/mol. The molecule has 1 aromatic rings. The van der Waals surface area contributed by atoms with E-state index in [0.29, 0.717) is 19.5 Å². The number of piperidine rings is 1. The average molecular weight is 345 g/mol. The number of benzene rings is 1. The summed E-state index contributed by atoms with van der Waals surface area (Å²) in [6.45, 7) is 5.10. The molecule has 1 aromatic carbocycles. The molecule has 2 rings (SSSR count). The molecule has 138 valence electrons. The summed E-state index contributed by atoms with van der Waals surface area (Å²) in [5.74, 6) is 0.353. The molecule has 0 unspecified atom stereocenters. The van der Waals surface area contributed by atoms with Crippen LogP contribution in [0.1, 0.15) is 30.4 Å². The van der Waals surface area contributed by atoms with Gasteiger partial charge in [-0.25, -0.2) is 0 Å². The third-order valence-corrected chi connectivity index (χ3v) is 4.90. The van der Waals surface area contributed by atoms with Gasteiger partial charge in [-0.15, -0.1) is 0 Å². The first-order valence-corrected chi connectivity index (χ1v) is 9.22. The molecule has 25 heavy (non-hydrogen) atoms. The number of amides is 2. The molecule has 0 bridgehead atoms. The van der Waals surface area contributed by atoms with E-state index in [0.717, 1.165) is 43.5 Å². The fourth-order valence-corrected chi connectivity index (χ4v) is 3.23. The fourth-order valence-electron chi connectivity index (χ4n) is 3.23. The molecule has 0 aromatic heterocycles. The van der Waals surface area contributed by atoms with Gasteiger partial charge in [0.25, 0.3) is 0 Å². The molecule has 1 saturated heterocycles. The second-order valence-electron chi connectivity index (χ2n) is 7.21. The number of aryl methyl sites for hydroxylation is 1. The standard InChI is InChI=1S/C20H31N3O2/c1-16-7-4-5-8-18(16)15-19(24)23-13-9-17(10-14-23)20(25)21-11-6-12-22(2)3/h4-5,7-8,17H,6,9-15H2,1-3H3,(H,21,25). The number of carbonyl (C=O) groups is 2. The summed E-state index contributed by atoms with van der Waals surface area (Å²) in [6.07, 6.45) is 2.94. The van der Waals surface area contributed by atoms with Crippen molar-refractivity contribution in [2.24, 2.45) is 5.92 Å². The van der Waals surface area contributed by atoms with Gasteiger partial charge in [-0.05, 0) is 58.0 Å². The van der Waals surface area contributed by atoms with Crippen molar-refractivity contribution in [2.45, 2.75) is 32.6 Å². The minimum absolute atomic E-state index is 0.0434. The Morgan fingerprint density at radius 1 is 1.20 bits per heavy atom. The maximum atomic E-state index is 12.5. The Morgan fingerprint density at radius 2 is 1.88 bits per heavy atom. The lowest BCUT2D eigenvalue weighted by Gasteiger charge is -2.31. The van der Waals surface area contributed by atoms with Crippen LogP contribution < -0.4 is 5.32 Å². The molecule has 0 atom stereocenters. The number of carbonyl (C=O) groups excluding carboxylic acids is 2. The molecule has 5 heteroatoms. The number of hydrogen-bond acceptors (Lipinski definition) is 3. The molecular formula is C20H31N3O2. The molecule has 0 saturated carbocycles. The smallest absolute Gasteiger partial charge is 0.226 e. The predicted molar refractivity (Wildman–Crippen MR) is 100 cm³/mol. The zero-order valence-electron chi connectivity index (χ0n) is 15.8. The minimum Gasteiger partial charge on any atom is -0.356 e. The van der Waals surface area contributed by atoms with Crippen LogP contribution in [-0.2, 0) is 16.0 Å². The third kappa shape index (κ3) is 6.16. The summed E-state index contributed by atoms with van der Waals surface area (Å²) in [4.78, 5) is 28.7. The molecule has 5 nitrogen and oxygen atoms in total. The Bertz CT molecular complexity index is 578. The van der Waals surface area contributed by atoms with Gasteiger partial charge in [0, 0.05) is 25.6 Å². The largest absolute Gasteiger partial charge is 0.356 e. The molecule has 1 aliphatic rings. The lowest BCUT2D eigenvalue weighted by atomic mass is 9.95. The van der Waals surface area contributed by atoms with Crippen LogP contribution in [0.15, 0.2) is 24.3 Å². The van der Waals surface area contributed by atoms with Crippen molar-refractivity contribution in [3.63, 3.8) is 0 Å². The first-order chi connectivity index (χ1) is 12.0. The van der Waals surface area contributed by atoms with Crippen LogP contribution in [0.25, 0.3) is 0 Å². The SMILES string of the molecule is Cc1ccccc1CC(=O)N1CCC(C(=O)NCCCN(C)C)CC1. The summed E-state index contributed by atoms with van der Waals surface area (Å²) in [5, 5.41) is 3.03. The van der Waals surface area contributed by atoms with Gasteiger partial charge in [-0.3, -0.25) is 9.59 Å².